The maximum absolute atomic E-state index is 14.6. The molecular formula is C37H55N5O9S. The number of benzene rings is 1. The second kappa shape index (κ2) is 14.6. The molecule has 1 aromatic carbocycles. The molecule has 5 rings (SSSR count). The van der Waals surface area contributed by atoms with Crippen LogP contribution in [0.5, 0.6) is 11.5 Å². The highest BCUT2D eigenvalue weighted by Crippen LogP contribution is 2.46. The molecule has 2 heterocycles. The fourth-order valence-corrected chi connectivity index (χ4v) is 8.66. The minimum absolute atomic E-state index is 0.189. The van der Waals surface area contributed by atoms with E-state index in [1.165, 1.54) is 6.08 Å². The number of carbonyl (C=O) groups excluding carboxylic acids is 4. The van der Waals surface area contributed by atoms with Gasteiger partial charge in [0.15, 0.2) is 11.5 Å². The average Bonchev–Trinajstić information content (AvgIpc) is 3.98. The van der Waals surface area contributed by atoms with Gasteiger partial charge in [-0.2, -0.15) is 0 Å². The van der Waals surface area contributed by atoms with Crippen molar-refractivity contribution >= 4 is 33.7 Å². The summed E-state index contributed by atoms with van der Waals surface area (Å²) in [4.78, 5) is 59.0. The molecule has 0 unspecified atom stereocenters. The monoisotopic (exact) mass is 745 g/mol. The van der Waals surface area contributed by atoms with Crippen LogP contribution in [-0.2, 0) is 46.9 Å². The van der Waals surface area contributed by atoms with Gasteiger partial charge in [-0.15, -0.1) is 6.58 Å². The number of fused-ring (bicyclic) bond motifs is 1. The Balaban J connectivity index is 1.41. The summed E-state index contributed by atoms with van der Waals surface area (Å²) in [5.74, 6) is -1.45. The van der Waals surface area contributed by atoms with Crippen LogP contribution in [0.2, 0.25) is 0 Å². The molecule has 14 nitrogen and oxygen atoms in total. The minimum atomic E-state index is -3.87. The van der Waals surface area contributed by atoms with Gasteiger partial charge in [0.25, 0.3) is 5.91 Å². The summed E-state index contributed by atoms with van der Waals surface area (Å²) >= 11 is 0. The van der Waals surface area contributed by atoms with E-state index in [0.29, 0.717) is 37.4 Å². The molecule has 0 spiro atoms. The van der Waals surface area contributed by atoms with Crippen molar-refractivity contribution in [2.75, 3.05) is 33.9 Å². The molecule has 1 aromatic rings. The topological polar surface area (TPSA) is 173 Å². The second-order valence-electron chi connectivity index (χ2n) is 16.5. The van der Waals surface area contributed by atoms with Crippen LogP contribution in [0, 0.1) is 11.3 Å². The van der Waals surface area contributed by atoms with E-state index in [-0.39, 0.29) is 37.9 Å². The number of methoxy groups -OCH3 is 2. The van der Waals surface area contributed by atoms with Crippen LogP contribution in [0.25, 0.3) is 0 Å². The number of nitrogens with zero attached hydrogens (tertiary/aromatic N) is 2. The van der Waals surface area contributed by atoms with Gasteiger partial charge in [-0.1, -0.05) is 26.8 Å². The summed E-state index contributed by atoms with van der Waals surface area (Å²) < 4.78 is 44.1. The number of likely N-dealkylation sites (tertiary alicyclic amines) is 1. The zero-order valence-electron chi connectivity index (χ0n) is 31.7. The van der Waals surface area contributed by atoms with Crippen LogP contribution < -0.4 is 24.8 Å². The highest BCUT2D eigenvalue weighted by molar-refractivity contribution is 7.91. The lowest BCUT2D eigenvalue weighted by atomic mass is 9.85. The molecular weight excluding hydrogens is 691 g/mol. The van der Waals surface area contributed by atoms with Gasteiger partial charge in [0.05, 0.1) is 32.1 Å². The molecule has 3 fully saturated rings. The first-order chi connectivity index (χ1) is 24.2. The molecule has 0 bridgehead atoms. The molecule has 2 aliphatic carbocycles. The van der Waals surface area contributed by atoms with Crippen molar-refractivity contribution < 1.29 is 41.8 Å². The first-order valence-electron chi connectivity index (χ1n) is 18.0. The SMILES string of the molecule is C=C[C@@H]1C[C@]1(NC(=O)[C@@H]1C[C@@H](N2CCc3cc(OC)c(OC)cc3C2)CN1C(=O)[C@@H](NCC(=O)OC(C)(C)C)C(C)(C)C)C(=O)NS(=O)(=O)C1CC1. The zero-order chi connectivity index (χ0) is 38.4. The van der Waals surface area contributed by atoms with E-state index >= 15 is 0 Å². The number of amides is 3. The fraction of sp³-hybridized carbons (Fsp3) is 0.676. The molecule has 2 saturated carbocycles. The quantitative estimate of drug-likeness (QED) is 0.199. The Morgan fingerprint density at radius 3 is 2.21 bits per heavy atom. The van der Waals surface area contributed by atoms with Crippen LogP contribution in [0.4, 0.5) is 0 Å². The third-order valence-corrected chi connectivity index (χ3v) is 12.2. The zero-order valence-corrected chi connectivity index (χ0v) is 32.5. The molecule has 52 heavy (non-hydrogen) atoms. The number of carbonyl (C=O) groups is 4. The van der Waals surface area contributed by atoms with E-state index < -0.39 is 67.6 Å². The van der Waals surface area contributed by atoms with Crippen molar-refractivity contribution in [1.82, 2.24) is 25.2 Å². The summed E-state index contributed by atoms with van der Waals surface area (Å²) in [5, 5.41) is 5.36. The predicted molar refractivity (Wildman–Crippen MR) is 194 cm³/mol. The highest BCUT2D eigenvalue weighted by atomic mass is 32.2. The molecule has 4 aliphatic rings. The van der Waals surface area contributed by atoms with Gasteiger partial charge in [-0.05, 0) is 81.5 Å². The smallest absolute Gasteiger partial charge is 0.320 e. The van der Waals surface area contributed by atoms with Crippen molar-refractivity contribution in [2.45, 2.75) is 115 Å². The Kier molecular flexibility index (Phi) is 11.1. The van der Waals surface area contributed by atoms with E-state index in [2.05, 4.69) is 26.8 Å². The number of esters is 1. The number of sulfonamides is 1. The van der Waals surface area contributed by atoms with E-state index in [1.807, 2.05) is 32.9 Å². The number of nitrogens with one attached hydrogen (secondary N) is 3. The number of hydrogen-bond donors (Lipinski definition) is 3. The van der Waals surface area contributed by atoms with Crippen LogP contribution >= 0.6 is 0 Å². The van der Waals surface area contributed by atoms with Crippen molar-refractivity contribution in [3.8, 4) is 11.5 Å². The van der Waals surface area contributed by atoms with E-state index in [9.17, 15) is 27.6 Å². The molecule has 1 saturated heterocycles. The maximum Gasteiger partial charge on any atom is 0.320 e. The summed E-state index contributed by atoms with van der Waals surface area (Å²) in [5.41, 5.74) is -0.682. The summed E-state index contributed by atoms with van der Waals surface area (Å²) in [6, 6.07) is 1.88. The third kappa shape index (κ3) is 8.57. The molecule has 3 amide bonds. The van der Waals surface area contributed by atoms with Crippen molar-refractivity contribution in [2.24, 2.45) is 11.3 Å². The lowest BCUT2D eigenvalue weighted by molar-refractivity contribution is -0.154. The Morgan fingerprint density at radius 1 is 1.04 bits per heavy atom. The largest absolute Gasteiger partial charge is 0.493 e. The predicted octanol–water partition coefficient (Wildman–Crippen LogP) is 2.05. The van der Waals surface area contributed by atoms with Crippen LogP contribution in [0.15, 0.2) is 24.8 Å². The summed E-state index contributed by atoms with van der Waals surface area (Å²) in [6.45, 7) is 16.0. The Labute approximate surface area is 307 Å². The number of hydrogen-bond acceptors (Lipinski definition) is 11. The van der Waals surface area contributed by atoms with Crippen molar-refractivity contribution in [3.05, 3.63) is 35.9 Å². The Hall–Kier alpha value is -3.69. The summed E-state index contributed by atoms with van der Waals surface area (Å²) in [7, 11) is -0.686. The van der Waals surface area contributed by atoms with Gasteiger partial charge in [0, 0.05) is 31.6 Å². The van der Waals surface area contributed by atoms with E-state index in [4.69, 9.17) is 14.2 Å². The number of rotatable bonds is 13. The molecule has 0 radical (unpaired) electrons. The van der Waals surface area contributed by atoms with Gasteiger partial charge in [0.1, 0.15) is 17.2 Å². The Bertz CT molecular complexity index is 1700. The van der Waals surface area contributed by atoms with Crippen LogP contribution in [-0.4, -0.2) is 110 Å². The first kappa shape index (κ1) is 39.5. The molecule has 288 valence electrons. The van der Waals surface area contributed by atoms with Gasteiger partial charge < -0.3 is 24.4 Å². The molecule has 15 heteroatoms. The molecule has 0 aromatic heterocycles. The van der Waals surface area contributed by atoms with Gasteiger partial charge >= 0.3 is 5.97 Å². The second-order valence-corrected chi connectivity index (χ2v) is 18.5. The maximum atomic E-state index is 14.6. The standard InChI is InChI=1S/C37H55N5O9S/c1-10-24-18-37(24,34(46)40-52(47,48)26-11-12-26)39-32(44)27-17-25(41-14-13-22-15-28(49-8)29(50-9)16-23(22)20-41)21-42(27)33(45)31(35(2,3)4)38-19-30(43)51-36(5,6)7/h10,15-16,24-27,31,38H,1,11-14,17-21H2,2-9H3,(H,39,44)(H,40,46)/t24-,25-,27+,31-,37-/m1/s1. The average molecular weight is 746 g/mol. The summed E-state index contributed by atoms with van der Waals surface area (Å²) in [6.07, 6.45) is 3.68. The normalized spacial score (nSPS) is 25.4. The van der Waals surface area contributed by atoms with E-state index in [1.54, 1.807) is 39.9 Å². The minimum Gasteiger partial charge on any atom is -0.493 e. The lowest BCUT2D eigenvalue weighted by Gasteiger charge is -2.36. The third-order valence-electron chi connectivity index (χ3n) is 10.4. The molecule has 3 N–H and O–H groups in total. The van der Waals surface area contributed by atoms with E-state index in [0.717, 1.165) is 17.5 Å². The van der Waals surface area contributed by atoms with Crippen molar-refractivity contribution in [1.29, 1.82) is 0 Å². The van der Waals surface area contributed by atoms with Crippen LogP contribution in [0.1, 0.15) is 78.4 Å². The lowest BCUT2D eigenvalue weighted by Crippen LogP contribution is -2.60. The van der Waals surface area contributed by atoms with Crippen LogP contribution in [0.3, 0.4) is 0 Å². The highest BCUT2D eigenvalue weighted by Gasteiger charge is 2.62. The van der Waals surface area contributed by atoms with Gasteiger partial charge in [-0.3, -0.25) is 34.1 Å². The number of ether oxygens (including phenoxy) is 3. The van der Waals surface area contributed by atoms with Crippen molar-refractivity contribution in [3.63, 3.8) is 0 Å². The van der Waals surface area contributed by atoms with Gasteiger partial charge in [0.2, 0.25) is 21.8 Å². The molecule has 5 atom stereocenters. The van der Waals surface area contributed by atoms with Gasteiger partial charge in [-0.25, -0.2) is 8.42 Å². The Morgan fingerprint density at radius 2 is 1.67 bits per heavy atom. The molecule has 2 aliphatic heterocycles. The first-order valence-corrected chi connectivity index (χ1v) is 19.5. The fourth-order valence-electron chi connectivity index (χ4n) is 7.30.